The summed E-state index contributed by atoms with van der Waals surface area (Å²) in [7, 11) is 0. The van der Waals surface area contributed by atoms with Gasteiger partial charge in [-0.05, 0) is 42.4 Å². The molecule has 1 aromatic carbocycles. The predicted octanol–water partition coefficient (Wildman–Crippen LogP) is 2.88. The Morgan fingerprint density at radius 2 is 1.78 bits per heavy atom. The van der Waals surface area contributed by atoms with Gasteiger partial charge in [0, 0.05) is 43.7 Å². The molecule has 5 nitrogen and oxygen atoms in total. The van der Waals surface area contributed by atoms with Crippen molar-refractivity contribution in [3.63, 3.8) is 0 Å². The van der Waals surface area contributed by atoms with E-state index in [1.807, 2.05) is 29.2 Å². The highest BCUT2D eigenvalue weighted by atomic mass is 35.5. The predicted molar refractivity (Wildman–Crippen MR) is 110 cm³/mol. The molecule has 150 valence electrons. The minimum atomic E-state index is -0.116. The zero-order chi connectivity index (χ0) is 18.7. The van der Waals surface area contributed by atoms with E-state index in [1.54, 1.807) is 0 Å². The van der Waals surface area contributed by atoms with Gasteiger partial charge in [-0.25, -0.2) is 0 Å². The maximum atomic E-state index is 12.4. The summed E-state index contributed by atoms with van der Waals surface area (Å²) >= 11 is 0. The maximum Gasteiger partial charge on any atom is 0.251 e. The number of rotatable bonds is 4. The van der Waals surface area contributed by atoms with Gasteiger partial charge < -0.3 is 15.5 Å². The van der Waals surface area contributed by atoms with Crippen LogP contribution in [0.4, 0.5) is 0 Å². The fraction of sp³-hybridized carbons (Fsp3) is 0.619. The lowest BCUT2D eigenvalue weighted by atomic mass is 9.87. The molecule has 1 aromatic rings. The van der Waals surface area contributed by atoms with Crippen LogP contribution in [0.3, 0.4) is 0 Å². The van der Waals surface area contributed by atoms with Gasteiger partial charge in [0.2, 0.25) is 5.91 Å². The number of halogens is 1. The van der Waals surface area contributed by atoms with E-state index in [9.17, 15) is 9.59 Å². The first-order chi connectivity index (χ1) is 12.3. The molecule has 3 rings (SSSR count). The fourth-order valence-electron chi connectivity index (χ4n) is 3.83. The number of hydrogen-bond acceptors (Lipinski definition) is 3. The minimum Gasteiger partial charge on any atom is -0.352 e. The monoisotopic (exact) mass is 393 g/mol. The second kappa shape index (κ2) is 9.07. The van der Waals surface area contributed by atoms with Crippen LogP contribution >= 0.6 is 12.4 Å². The molecule has 27 heavy (non-hydrogen) atoms. The van der Waals surface area contributed by atoms with E-state index in [-0.39, 0.29) is 29.6 Å². The molecule has 0 radical (unpaired) electrons. The summed E-state index contributed by atoms with van der Waals surface area (Å²) in [5.74, 6) is 0.0255. The molecule has 2 unspecified atom stereocenters. The van der Waals surface area contributed by atoms with Gasteiger partial charge in [0.1, 0.15) is 0 Å². The topological polar surface area (TPSA) is 61.4 Å². The van der Waals surface area contributed by atoms with Crippen molar-refractivity contribution in [1.82, 2.24) is 15.5 Å². The molecule has 6 heteroatoms. The number of fused-ring (bicyclic) bond motifs is 2. The standard InChI is InChI=1S/C21H31N3O2.ClH/c1-21(2,3)16-6-4-15(5-7-16)20(26)22-12-10-19(25)24-13-11-17-8-9-18(14-24)23-17;/h4-7,17-18,23H,8-14H2,1-3H3,(H,22,26);1H. The molecule has 2 heterocycles. The zero-order valence-corrected chi connectivity index (χ0v) is 17.4. The number of likely N-dealkylation sites (tertiary alicyclic amines) is 1. The van der Waals surface area contributed by atoms with Gasteiger partial charge in [0.25, 0.3) is 5.91 Å². The number of nitrogens with one attached hydrogen (secondary N) is 2. The van der Waals surface area contributed by atoms with Crippen LogP contribution in [0.2, 0.25) is 0 Å². The molecule has 0 saturated carbocycles. The smallest absolute Gasteiger partial charge is 0.251 e. The van der Waals surface area contributed by atoms with Gasteiger partial charge in [0.15, 0.2) is 0 Å². The van der Waals surface area contributed by atoms with Crippen molar-refractivity contribution in [2.75, 3.05) is 19.6 Å². The SMILES string of the molecule is CC(C)(C)c1ccc(C(=O)NCCC(=O)N2CCC3CCC(C2)N3)cc1.Cl. The molecule has 2 aliphatic rings. The summed E-state index contributed by atoms with van der Waals surface area (Å²) in [5, 5.41) is 6.46. The first-order valence-electron chi connectivity index (χ1n) is 9.75. The van der Waals surface area contributed by atoms with E-state index in [1.165, 1.54) is 12.0 Å². The number of amides is 2. The van der Waals surface area contributed by atoms with Crippen molar-refractivity contribution < 1.29 is 9.59 Å². The quantitative estimate of drug-likeness (QED) is 0.826. The van der Waals surface area contributed by atoms with Crippen LogP contribution in [-0.4, -0.2) is 48.4 Å². The fourth-order valence-corrected chi connectivity index (χ4v) is 3.83. The highest BCUT2D eigenvalue weighted by molar-refractivity contribution is 5.94. The number of carbonyl (C=O) groups is 2. The Balaban J connectivity index is 0.00000261. The molecule has 2 fully saturated rings. The average Bonchev–Trinajstić information content (AvgIpc) is 2.92. The van der Waals surface area contributed by atoms with Crippen molar-refractivity contribution in [3.8, 4) is 0 Å². The van der Waals surface area contributed by atoms with E-state index in [2.05, 4.69) is 31.4 Å². The van der Waals surface area contributed by atoms with E-state index in [0.29, 0.717) is 30.6 Å². The second-order valence-corrected chi connectivity index (χ2v) is 8.60. The third-order valence-electron chi connectivity index (χ3n) is 5.51. The summed E-state index contributed by atoms with van der Waals surface area (Å²) in [4.78, 5) is 26.7. The van der Waals surface area contributed by atoms with Crippen LogP contribution in [-0.2, 0) is 10.2 Å². The second-order valence-electron chi connectivity index (χ2n) is 8.60. The number of carbonyl (C=O) groups excluding carboxylic acids is 2. The molecule has 2 aliphatic heterocycles. The van der Waals surface area contributed by atoms with Gasteiger partial charge in [-0.1, -0.05) is 32.9 Å². The average molecular weight is 394 g/mol. The summed E-state index contributed by atoms with van der Waals surface area (Å²) in [6.45, 7) is 8.47. The minimum absolute atomic E-state index is 0. The lowest BCUT2D eigenvalue weighted by Crippen LogP contribution is -2.40. The van der Waals surface area contributed by atoms with E-state index in [0.717, 1.165) is 25.9 Å². The Labute approximate surface area is 168 Å². The van der Waals surface area contributed by atoms with Crippen LogP contribution in [0, 0.1) is 0 Å². The van der Waals surface area contributed by atoms with Crippen molar-refractivity contribution in [3.05, 3.63) is 35.4 Å². The highest BCUT2D eigenvalue weighted by Crippen LogP contribution is 2.22. The molecule has 2 N–H and O–H groups in total. The summed E-state index contributed by atoms with van der Waals surface area (Å²) in [6, 6.07) is 8.73. The van der Waals surface area contributed by atoms with Crippen molar-refractivity contribution in [2.45, 2.75) is 64.0 Å². The van der Waals surface area contributed by atoms with Crippen LogP contribution in [0.15, 0.2) is 24.3 Å². The van der Waals surface area contributed by atoms with Crippen molar-refractivity contribution >= 4 is 24.2 Å². The third-order valence-corrected chi connectivity index (χ3v) is 5.51. The number of benzene rings is 1. The Morgan fingerprint density at radius 3 is 2.44 bits per heavy atom. The zero-order valence-electron chi connectivity index (χ0n) is 16.6. The summed E-state index contributed by atoms with van der Waals surface area (Å²) in [6.07, 6.45) is 3.80. The van der Waals surface area contributed by atoms with Crippen molar-refractivity contribution in [2.24, 2.45) is 0 Å². The van der Waals surface area contributed by atoms with Crippen LogP contribution < -0.4 is 10.6 Å². The first-order valence-corrected chi connectivity index (χ1v) is 9.75. The van der Waals surface area contributed by atoms with E-state index >= 15 is 0 Å². The molecule has 0 aliphatic carbocycles. The molecule has 0 spiro atoms. The lowest BCUT2D eigenvalue weighted by molar-refractivity contribution is -0.131. The molecule has 2 atom stereocenters. The van der Waals surface area contributed by atoms with Gasteiger partial charge in [0.05, 0.1) is 0 Å². The molecular formula is C21H32ClN3O2. The highest BCUT2D eigenvalue weighted by Gasteiger charge is 2.30. The van der Waals surface area contributed by atoms with Gasteiger partial charge in [-0.3, -0.25) is 9.59 Å². The van der Waals surface area contributed by atoms with Gasteiger partial charge in [-0.15, -0.1) is 12.4 Å². The molecule has 0 aromatic heterocycles. The largest absolute Gasteiger partial charge is 0.352 e. The van der Waals surface area contributed by atoms with Crippen molar-refractivity contribution in [1.29, 1.82) is 0 Å². The molecular weight excluding hydrogens is 362 g/mol. The maximum absolute atomic E-state index is 12.4. The van der Waals surface area contributed by atoms with Crippen LogP contribution in [0.1, 0.15) is 62.4 Å². The Bertz CT molecular complexity index is 654. The van der Waals surface area contributed by atoms with Crippen LogP contribution in [0.5, 0.6) is 0 Å². The lowest BCUT2D eigenvalue weighted by Gasteiger charge is -2.24. The third kappa shape index (κ3) is 5.69. The van der Waals surface area contributed by atoms with E-state index in [4.69, 9.17) is 0 Å². The van der Waals surface area contributed by atoms with Crippen LogP contribution in [0.25, 0.3) is 0 Å². The molecule has 2 amide bonds. The Kier molecular flexibility index (Phi) is 7.29. The molecule has 2 saturated heterocycles. The molecule has 2 bridgehead atoms. The van der Waals surface area contributed by atoms with Gasteiger partial charge >= 0.3 is 0 Å². The summed E-state index contributed by atoms with van der Waals surface area (Å²) < 4.78 is 0. The Morgan fingerprint density at radius 1 is 1.11 bits per heavy atom. The summed E-state index contributed by atoms with van der Waals surface area (Å²) in [5.41, 5.74) is 1.91. The van der Waals surface area contributed by atoms with Gasteiger partial charge in [-0.2, -0.15) is 0 Å². The first kappa shape index (κ1) is 21.7. The number of nitrogens with zero attached hydrogens (tertiary/aromatic N) is 1. The number of hydrogen-bond donors (Lipinski definition) is 2. The normalized spacial score (nSPS) is 22.0. The Hall–Kier alpha value is -1.59. The van der Waals surface area contributed by atoms with E-state index < -0.39 is 0 Å².